The summed E-state index contributed by atoms with van der Waals surface area (Å²) in [4.78, 5) is 19.2. The molecule has 0 saturated heterocycles. The van der Waals surface area contributed by atoms with Gasteiger partial charge in [0, 0.05) is 6.20 Å². The number of amides is 1. The van der Waals surface area contributed by atoms with Crippen molar-refractivity contribution in [2.75, 3.05) is 11.1 Å². The number of carbonyl (C=O) groups excluding carboxylic acids is 1. The van der Waals surface area contributed by atoms with E-state index in [0.717, 1.165) is 0 Å². The Bertz CT molecular complexity index is 584. The maximum Gasteiger partial charge on any atom is 0.247 e. The quantitative estimate of drug-likeness (QED) is 0.826. The summed E-state index contributed by atoms with van der Waals surface area (Å²) in [5, 5.41) is 6.54. The molecule has 3 N–H and O–H groups in total. The van der Waals surface area contributed by atoms with Crippen molar-refractivity contribution < 1.29 is 4.79 Å². The normalized spacial score (nSPS) is 10.3. The molecular weight excluding hydrogens is 279 g/mol. The van der Waals surface area contributed by atoms with Crippen LogP contribution in [0.2, 0.25) is 10.2 Å². The molecule has 7 nitrogen and oxygen atoms in total. The van der Waals surface area contributed by atoms with Crippen molar-refractivity contribution in [2.45, 2.75) is 6.54 Å². The fourth-order valence-corrected chi connectivity index (χ4v) is 1.50. The lowest BCUT2D eigenvalue weighted by atomic mass is 10.5. The summed E-state index contributed by atoms with van der Waals surface area (Å²) in [6, 6.07) is 0. The van der Waals surface area contributed by atoms with Crippen molar-refractivity contribution in [1.82, 2.24) is 19.7 Å². The van der Waals surface area contributed by atoms with E-state index in [2.05, 4.69) is 20.4 Å². The van der Waals surface area contributed by atoms with Crippen LogP contribution in [-0.2, 0) is 11.3 Å². The second-order valence-corrected chi connectivity index (χ2v) is 4.08. The fraction of sp³-hybridized carbons (Fsp3) is 0.111. The minimum absolute atomic E-state index is 0.00481. The second-order valence-electron chi connectivity index (χ2n) is 3.35. The largest absolute Gasteiger partial charge is 0.396 e. The number of nitrogens with one attached hydrogen (secondary N) is 1. The lowest BCUT2D eigenvalue weighted by Crippen LogP contribution is -2.20. The van der Waals surface area contributed by atoms with Crippen LogP contribution in [0.15, 0.2) is 18.7 Å². The van der Waals surface area contributed by atoms with Gasteiger partial charge >= 0.3 is 0 Å². The van der Waals surface area contributed by atoms with Crippen LogP contribution in [0.5, 0.6) is 0 Å². The number of hydrogen-bond donors (Lipinski definition) is 2. The van der Waals surface area contributed by atoms with E-state index in [1.165, 1.54) is 23.4 Å². The molecule has 9 heteroatoms. The van der Waals surface area contributed by atoms with Gasteiger partial charge in [-0.25, -0.2) is 9.97 Å². The van der Waals surface area contributed by atoms with E-state index in [0.29, 0.717) is 5.69 Å². The number of anilines is 2. The highest BCUT2D eigenvalue weighted by Gasteiger charge is 2.11. The molecule has 1 amide bonds. The molecule has 0 spiro atoms. The third-order valence-corrected chi connectivity index (χ3v) is 2.70. The fourth-order valence-electron chi connectivity index (χ4n) is 1.22. The molecule has 0 unspecified atom stereocenters. The molecule has 0 aliphatic rings. The van der Waals surface area contributed by atoms with Crippen LogP contribution < -0.4 is 11.1 Å². The molecule has 0 aliphatic heterocycles. The van der Waals surface area contributed by atoms with Gasteiger partial charge in [-0.2, -0.15) is 5.10 Å². The third kappa shape index (κ3) is 2.88. The molecule has 2 aromatic rings. The average molecular weight is 287 g/mol. The van der Waals surface area contributed by atoms with Gasteiger partial charge < -0.3 is 11.1 Å². The number of hydrogen-bond acceptors (Lipinski definition) is 5. The van der Waals surface area contributed by atoms with Gasteiger partial charge in [0.15, 0.2) is 11.0 Å². The number of aromatic nitrogens is 4. The Hall–Kier alpha value is -1.86. The van der Waals surface area contributed by atoms with Gasteiger partial charge in [-0.1, -0.05) is 23.2 Å². The van der Waals surface area contributed by atoms with Crippen LogP contribution in [0.1, 0.15) is 0 Å². The molecule has 2 heterocycles. The molecular formula is C9H8Cl2N6O. The van der Waals surface area contributed by atoms with Crippen LogP contribution in [0.3, 0.4) is 0 Å². The molecule has 0 atom stereocenters. The van der Waals surface area contributed by atoms with E-state index in [4.69, 9.17) is 28.9 Å². The summed E-state index contributed by atoms with van der Waals surface area (Å²) in [7, 11) is 0. The Morgan fingerprint density at radius 1 is 1.44 bits per heavy atom. The molecule has 0 saturated carbocycles. The highest BCUT2D eigenvalue weighted by molar-refractivity contribution is 6.42. The lowest BCUT2D eigenvalue weighted by molar-refractivity contribution is -0.116. The van der Waals surface area contributed by atoms with Gasteiger partial charge in [-0.05, 0) is 0 Å². The predicted molar refractivity (Wildman–Crippen MR) is 67.3 cm³/mol. The van der Waals surface area contributed by atoms with Gasteiger partial charge in [-0.3, -0.25) is 9.48 Å². The predicted octanol–water partition coefficient (Wildman–Crippen LogP) is 1.20. The highest BCUT2D eigenvalue weighted by atomic mass is 35.5. The molecule has 0 fully saturated rings. The number of nitrogen functional groups attached to an aromatic ring is 1. The third-order valence-electron chi connectivity index (χ3n) is 1.96. The van der Waals surface area contributed by atoms with Crippen LogP contribution in [-0.4, -0.2) is 25.7 Å². The van der Waals surface area contributed by atoms with Gasteiger partial charge in [0.1, 0.15) is 17.9 Å². The van der Waals surface area contributed by atoms with E-state index in [9.17, 15) is 4.79 Å². The van der Waals surface area contributed by atoms with Gasteiger partial charge in [0.2, 0.25) is 5.91 Å². The lowest BCUT2D eigenvalue weighted by Gasteiger charge is -2.06. The molecule has 94 valence electrons. The van der Waals surface area contributed by atoms with Crippen molar-refractivity contribution in [1.29, 1.82) is 0 Å². The van der Waals surface area contributed by atoms with Gasteiger partial charge in [-0.15, -0.1) is 0 Å². The Morgan fingerprint density at radius 3 is 2.89 bits per heavy atom. The summed E-state index contributed by atoms with van der Waals surface area (Å²) in [6.45, 7) is -0.00481. The first-order valence-electron chi connectivity index (χ1n) is 4.80. The Balaban J connectivity index is 2.05. The Kier molecular flexibility index (Phi) is 3.63. The summed E-state index contributed by atoms with van der Waals surface area (Å²) >= 11 is 11.5. The van der Waals surface area contributed by atoms with E-state index in [1.807, 2.05) is 0 Å². The van der Waals surface area contributed by atoms with Crippen LogP contribution in [0.4, 0.5) is 11.5 Å². The first-order chi connectivity index (χ1) is 8.56. The molecule has 0 aliphatic carbocycles. The van der Waals surface area contributed by atoms with Crippen molar-refractivity contribution >= 4 is 40.6 Å². The maximum absolute atomic E-state index is 11.7. The molecule has 2 rings (SSSR count). The first-order valence-corrected chi connectivity index (χ1v) is 5.55. The van der Waals surface area contributed by atoms with Crippen LogP contribution >= 0.6 is 23.2 Å². The zero-order chi connectivity index (χ0) is 13.1. The molecule has 0 radical (unpaired) electrons. The molecule has 2 aromatic heterocycles. The van der Waals surface area contributed by atoms with Crippen LogP contribution in [0.25, 0.3) is 0 Å². The number of carbonyl (C=O) groups is 1. The minimum atomic E-state index is -0.352. The summed E-state index contributed by atoms with van der Waals surface area (Å²) in [5.74, 6) is -0.198. The SMILES string of the molecule is Nc1cnn(CC(=O)Nc2ncnc(Cl)c2Cl)c1. The average Bonchev–Trinajstić information content (AvgIpc) is 2.70. The second kappa shape index (κ2) is 5.19. The smallest absolute Gasteiger partial charge is 0.247 e. The van der Waals surface area contributed by atoms with Gasteiger partial charge in [0.05, 0.1) is 11.9 Å². The monoisotopic (exact) mass is 286 g/mol. The summed E-state index contributed by atoms with van der Waals surface area (Å²) in [6.07, 6.45) is 4.19. The Labute approximate surface area is 112 Å². The molecule has 0 bridgehead atoms. The number of halogens is 2. The van der Waals surface area contributed by atoms with Crippen molar-refractivity contribution in [2.24, 2.45) is 0 Å². The molecule has 0 aromatic carbocycles. The zero-order valence-corrected chi connectivity index (χ0v) is 10.5. The first kappa shape index (κ1) is 12.6. The molecule has 18 heavy (non-hydrogen) atoms. The summed E-state index contributed by atoms with van der Waals surface area (Å²) in [5.41, 5.74) is 5.95. The Morgan fingerprint density at radius 2 is 2.22 bits per heavy atom. The van der Waals surface area contributed by atoms with E-state index >= 15 is 0 Å². The number of nitrogens with zero attached hydrogens (tertiary/aromatic N) is 4. The van der Waals surface area contributed by atoms with Gasteiger partial charge in [0.25, 0.3) is 0 Å². The minimum Gasteiger partial charge on any atom is -0.396 e. The zero-order valence-electron chi connectivity index (χ0n) is 8.97. The number of rotatable bonds is 3. The van der Waals surface area contributed by atoms with E-state index in [1.54, 1.807) is 0 Å². The van der Waals surface area contributed by atoms with E-state index in [-0.39, 0.29) is 28.4 Å². The topological polar surface area (TPSA) is 98.7 Å². The van der Waals surface area contributed by atoms with Crippen LogP contribution in [0, 0.1) is 0 Å². The standard InChI is InChI=1S/C9H8Cl2N6O/c10-7-8(11)13-4-14-9(7)16-6(18)3-17-2-5(12)1-15-17/h1-2,4H,3,12H2,(H,13,14,16,18). The maximum atomic E-state index is 11.7. The highest BCUT2D eigenvalue weighted by Crippen LogP contribution is 2.25. The van der Waals surface area contributed by atoms with Crippen molar-refractivity contribution in [3.05, 3.63) is 28.9 Å². The number of nitrogens with two attached hydrogens (primary N) is 1. The van der Waals surface area contributed by atoms with E-state index < -0.39 is 0 Å². The van der Waals surface area contributed by atoms with Crippen molar-refractivity contribution in [3.8, 4) is 0 Å². The summed E-state index contributed by atoms with van der Waals surface area (Å²) < 4.78 is 1.39. The van der Waals surface area contributed by atoms with Crippen molar-refractivity contribution in [3.63, 3.8) is 0 Å².